The summed E-state index contributed by atoms with van der Waals surface area (Å²) in [4.78, 5) is 41.5. The van der Waals surface area contributed by atoms with Gasteiger partial charge in [-0.2, -0.15) is 5.06 Å². The number of hydrogen-bond acceptors (Lipinski definition) is 8. The molecule has 9 nitrogen and oxygen atoms in total. The molecule has 0 fully saturated rings. The van der Waals surface area contributed by atoms with E-state index in [1.54, 1.807) is 0 Å². The van der Waals surface area contributed by atoms with Gasteiger partial charge in [-0.25, -0.2) is 9.59 Å². The highest BCUT2D eigenvalue weighted by Crippen LogP contribution is 2.07. The second-order valence-electron chi connectivity index (χ2n) is 3.94. The molecular formula is C10H15N3O6. The third kappa shape index (κ3) is 4.54. The molecule has 0 aromatic rings. The molecule has 0 unspecified atom stereocenters. The van der Waals surface area contributed by atoms with Crippen LogP contribution in [-0.4, -0.2) is 46.5 Å². The Morgan fingerprint density at radius 2 is 2.11 bits per heavy atom. The molecular weight excluding hydrogens is 258 g/mol. The molecule has 1 aliphatic rings. The lowest BCUT2D eigenvalue weighted by atomic mass is 10.1. The monoisotopic (exact) mass is 273 g/mol. The summed E-state index contributed by atoms with van der Waals surface area (Å²) in [6, 6.07) is -0.911. The smallest absolute Gasteiger partial charge is 0.445 e. The molecule has 3 N–H and O–H groups in total. The van der Waals surface area contributed by atoms with Gasteiger partial charge in [-0.1, -0.05) is 5.16 Å². The Kier molecular flexibility index (Phi) is 5.24. The summed E-state index contributed by atoms with van der Waals surface area (Å²) < 4.78 is 0. The van der Waals surface area contributed by atoms with E-state index in [0.717, 1.165) is 5.06 Å². The van der Waals surface area contributed by atoms with Crippen LogP contribution in [-0.2, 0) is 24.1 Å². The lowest BCUT2D eigenvalue weighted by Crippen LogP contribution is -2.33. The van der Waals surface area contributed by atoms with Gasteiger partial charge in [-0.05, 0) is 19.3 Å². The molecule has 1 atom stereocenters. The second-order valence-corrected chi connectivity index (χ2v) is 3.94. The molecule has 0 aliphatic carbocycles. The standard InChI is InChI=1S/C10H15N3O6/c1-6-12-18-9(16)10(17)19-13(6)5-3-2-4-7(11)8(14)15/h7H,2-5,11H2,1H3,(H,14,15)/t7-/m0/s1. The Morgan fingerprint density at radius 3 is 2.74 bits per heavy atom. The van der Waals surface area contributed by atoms with Crippen molar-refractivity contribution < 1.29 is 29.2 Å². The highest BCUT2D eigenvalue weighted by molar-refractivity contribution is 6.30. The van der Waals surface area contributed by atoms with Gasteiger partial charge >= 0.3 is 17.9 Å². The van der Waals surface area contributed by atoms with E-state index in [9.17, 15) is 14.4 Å². The largest absolute Gasteiger partial charge is 0.480 e. The molecule has 0 radical (unpaired) electrons. The maximum absolute atomic E-state index is 11.1. The van der Waals surface area contributed by atoms with Crippen LogP contribution in [0, 0.1) is 0 Å². The van der Waals surface area contributed by atoms with E-state index < -0.39 is 23.9 Å². The van der Waals surface area contributed by atoms with Crippen molar-refractivity contribution in [3.63, 3.8) is 0 Å². The molecule has 1 aliphatic heterocycles. The molecule has 0 spiro atoms. The summed E-state index contributed by atoms with van der Waals surface area (Å²) >= 11 is 0. The first kappa shape index (κ1) is 14.9. The van der Waals surface area contributed by atoms with Crippen LogP contribution >= 0.6 is 0 Å². The number of rotatable bonds is 6. The highest BCUT2D eigenvalue weighted by Gasteiger charge is 2.26. The number of carbonyl (C=O) groups excluding carboxylic acids is 2. The van der Waals surface area contributed by atoms with Gasteiger partial charge in [0.05, 0.1) is 6.54 Å². The van der Waals surface area contributed by atoms with Crippen molar-refractivity contribution in [1.29, 1.82) is 0 Å². The lowest BCUT2D eigenvalue weighted by molar-refractivity contribution is -0.183. The second kappa shape index (κ2) is 6.69. The van der Waals surface area contributed by atoms with Crippen molar-refractivity contribution in [3.8, 4) is 0 Å². The van der Waals surface area contributed by atoms with E-state index in [1.165, 1.54) is 6.92 Å². The van der Waals surface area contributed by atoms with Crippen molar-refractivity contribution in [2.75, 3.05) is 6.54 Å². The highest BCUT2D eigenvalue weighted by atomic mass is 16.8. The van der Waals surface area contributed by atoms with Gasteiger partial charge < -0.3 is 20.5 Å². The number of carbonyl (C=O) groups is 3. The predicted octanol–water partition coefficient (Wildman–Crippen LogP) is -0.781. The minimum atomic E-state index is -1.19. The molecule has 1 rings (SSSR count). The van der Waals surface area contributed by atoms with Crippen LogP contribution in [0.2, 0.25) is 0 Å². The fraction of sp³-hybridized carbons (Fsp3) is 0.600. The van der Waals surface area contributed by atoms with Crippen LogP contribution in [0.3, 0.4) is 0 Å². The maximum Gasteiger partial charge on any atom is 0.445 e. The van der Waals surface area contributed by atoms with Gasteiger partial charge in [0, 0.05) is 6.92 Å². The molecule has 1 heterocycles. The zero-order valence-corrected chi connectivity index (χ0v) is 10.4. The number of carboxylic acid groups (broad SMARTS) is 1. The Morgan fingerprint density at radius 1 is 1.42 bits per heavy atom. The Hall–Kier alpha value is -2.16. The number of unbranched alkanes of at least 4 members (excludes halogenated alkanes) is 1. The summed E-state index contributed by atoms with van der Waals surface area (Å²) in [5, 5.41) is 13.1. The zero-order valence-electron chi connectivity index (χ0n) is 10.4. The van der Waals surface area contributed by atoms with Crippen molar-refractivity contribution in [2.45, 2.75) is 32.2 Å². The summed E-state index contributed by atoms with van der Waals surface area (Å²) in [6.07, 6.45) is 1.36. The van der Waals surface area contributed by atoms with E-state index in [4.69, 9.17) is 15.7 Å². The van der Waals surface area contributed by atoms with Crippen molar-refractivity contribution in [1.82, 2.24) is 5.06 Å². The van der Waals surface area contributed by atoms with E-state index >= 15 is 0 Å². The number of nitrogens with two attached hydrogens (primary N) is 1. The molecule has 9 heteroatoms. The quantitative estimate of drug-likeness (QED) is 0.366. The summed E-state index contributed by atoms with van der Waals surface area (Å²) in [6.45, 7) is 1.78. The fourth-order valence-corrected chi connectivity index (χ4v) is 1.34. The van der Waals surface area contributed by atoms with Crippen molar-refractivity contribution >= 4 is 23.7 Å². The van der Waals surface area contributed by atoms with Gasteiger partial charge in [-0.3, -0.25) is 4.79 Å². The Balaban J connectivity index is 2.37. The van der Waals surface area contributed by atoms with Gasteiger partial charge in [0.25, 0.3) is 0 Å². The summed E-state index contributed by atoms with van der Waals surface area (Å²) in [5.74, 6) is -3.17. The molecule has 0 saturated carbocycles. The first-order valence-electron chi connectivity index (χ1n) is 5.65. The zero-order chi connectivity index (χ0) is 14.4. The number of oxime groups is 1. The molecule has 0 aromatic carbocycles. The van der Waals surface area contributed by atoms with Gasteiger partial charge in [0.1, 0.15) is 6.04 Å². The lowest BCUT2D eigenvalue weighted by Gasteiger charge is -2.18. The normalized spacial score (nSPS) is 17.2. The third-order valence-corrected chi connectivity index (χ3v) is 2.42. The average molecular weight is 273 g/mol. The minimum absolute atomic E-state index is 0.224. The first-order valence-corrected chi connectivity index (χ1v) is 5.65. The van der Waals surface area contributed by atoms with E-state index in [2.05, 4.69) is 9.99 Å². The van der Waals surface area contributed by atoms with Crippen LogP contribution in [0.25, 0.3) is 0 Å². The van der Waals surface area contributed by atoms with Gasteiger partial charge in [0.15, 0.2) is 5.84 Å². The maximum atomic E-state index is 11.1. The van der Waals surface area contributed by atoms with Gasteiger partial charge in [-0.15, -0.1) is 0 Å². The number of aliphatic carboxylic acids is 1. The topological polar surface area (TPSA) is 132 Å². The van der Waals surface area contributed by atoms with Gasteiger partial charge in [0.2, 0.25) is 0 Å². The fourth-order valence-electron chi connectivity index (χ4n) is 1.34. The molecule has 0 amide bonds. The number of hydrogen-bond donors (Lipinski definition) is 2. The van der Waals surface area contributed by atoms with E-state index in [0.29, 0.717) is 19.3 Å². The average Bonchev–Trinajstić information content (AvgIpc) is 2.48. The Labute approximate surface area is 108 Å². The molecule has 0 aromatic heterocycles. The predicted molar refractivity (Wildman–Crippen MR) is 61.5 cm³/mol. The number of nitrogens with zero attached hydrogens (tertiary/aromatic N) is 2. The van der Waals surface area contributed by atoms with Crippen LogP contribution < -0.4 is 5.73 Å². The summed E-state index contributed by atoms with van der Waals surface area (Å²) in [5.41, 5.74) is 5.34. The Bertz CT molecular complexity index is 408. The number of carboxylic acids is 1. The first-order chi connectivity index (χ1) is 8.91. The van der Waals surface area contributed by atoms with Crippen LogP contribution in [0.5, 0.6) is 0 Å². The van der Waals surface area contributed by atoms with Crippen molar-refractivity contribution in [3.05, 3.63) is 0 Å². The SMILES string of the molecule is CC1=NOC(=O)C(=O)ON1CCCC[C@H](N)C(=O)O. The molecule has 106 valence electrons. The van der Waals surface area contributed by atoms with E-state index in [1.807, 2.05) is 0 Å². The molecule has 0 saturated heterocycles. The number of amidine groups is 1. The van der Waals surface area contributed by atoms with Crippen LogP contribution in [0.4, 0.5) is 0 Å². The van der Waals surface area contributed by atoms with E-state index in [-0.39, 0.29) is 12.4 Å². The minimum Gasteiger partial charge on any atom is -0.480 e. The van der Waals surface area contributed by atoms with Crippen LogP contribution in [0.1, 0.15) is 26.2 Å². The number of hydroxylamine groups is 2. The van der Waals surface area contributed by atoms with Crippen molar-refractivity contribution in [2.24, 2.45) is 10.9 Å². The molecule has 19 heavy (non-hydrogen) atoms. The third-order valence-electron chi connectivity index (χ3n) is 2.42. The summed E-state index contributed by atoms with van der Waals surface area (Å²) in [7, 11) is 0. The molecule has 0 bridgehead atoms. The van der Waals surface area contributed by atoms with Crippen LogP contribution in [0.15, 0.2) is 5.16 Å².